The van der Waals surface area contributed by atoms with Crippen LogP contribution in [-0.2, 0) is 9.59 Å². The number of fused-ring (bicyclic) bond motifs is 4. The number of benzene rings is 2. The van der Waals surface area contributed by atoms with Crippen LogP contribution in [0.1, 0.15) is 12.7 Å². The molecule has 2 aromatic carbocycles. The normalized spacial score (nSPS) is 14.6. The van der Waals surface area contributed by atoms with E-state index in [2.05, 4.69) is 15.4 Å². The van der Waals surface area contributed by atoms with Gasteiger partial charge in [-0.3, -0.25) is 14.5 Å². The molecule has 0 bridgehead atoms. The number of aromatic nitrogens is 4. The highest BCUT2D eigenvalue weighted by Gasteiger charge is 2.31. The number of aryl methyl sites for hydroxylation is 1. The lowest BCUT2D eigenvalue weighted by molar-refractivity contribution is -0.121. The third-order valence-electron chi connectivity index (χ3n) is 4.92. The SMILES string of the molecule is Cc1nc2c3ccccc3nc(S[C@@H](C)C(=O)N3CC(=O)Nc4ccccc43)n2n1. The fraction of sp³-hybridized carbons (Fsp3) is 0.190. The minimum Gasteiger partial charge on any atom is -0.323 e. The van der Waals surface area contributed by atoms with Crippen molar-refractivity contribution in [2.24, 2.45) is 0 Å². The molecule has 2 amide bonds. The van der Waals surface area contributed by atoms with E-state index >= 15 is 0 Å². The molecule has 0 aliphatic carbocycles. The largest absolute Gasteiger partial charge is 0.323 e. The number of amides is 2. The maximum Gasteiger partial charge on any atom is 0.244 e. The van der Waals surface area contributed by atoms with Crippen molar-refractivity contribution in [3.05, 3.63) is 54.4 Å². The summed E-state index contributed by atoms with van der Waals surface area (Å²) in [7, 11) is 0. The minimum atomic E-state index is -0.481. The van der Waals surface area contributed by atoms with Crippen LogP contribution in [0.3, 0.4) is 0 Å². The molecular weight excluding hydrogens is 400 g/mol. The summed E-state index contributed by atoms with van der Waals surface area (Å²) in [6.07, 6.45) is 0. The van der Waals surface area contributed by atoms with E-state index in [-0.39, 0.29) is 18.4 Å². The van der Waals surface area contributed by atoms with Gasteiger partial charge in [0.2, 0.25) is 11.8 Å². The minimum absolute atomic E-state index is 0.0102. The van der Waals surface area contributed by atoms with Gasteiger partial charge in [-0.25, -0.2) is 9.97 Å². The molecule has 0 saturated carbocycles. The van der Waals surface area contributed by atoms with Gasteiger partial charge in [-0.1, -0.05) is 36.0 Å². The van der Waals surface area contributed by atoms with Gasteiger partial charge in [-0.15, -0.1) is 5.10 Å². The van der Waals surface area contributed by atoms with Crippen molar-refractivity contribution >= 4 is 51.5 Å². The first-order valence-electron chi connectivity index (χ1n) is 9.50. The molecule has 0 spiro atoms. The van der Waals surface area contributed by atoms with Gasteiger partial charge < -0.3 is 5.32 Å². The Kier molecular flexibility index (Phi) is 4.39. The highest BCUT2D eigenvalue weighted by molar-refractivity contribution is 8.00. The molecular formula is C21H18N6O2S. The third-order valence-corrected chi connectivity index (χ3v) is 5.95. The molecule has 9 heteroatoms. The van der Waals surface area contributed by atoms with E-state index in [1.54, 1.807) is 10.6 Å². The van der Waals surface area contributed by atoms with Gasteiger partial charge >= 0.3 is 0 Å². The highest BCUT2D eigenvalue weighted by Crippen LogP contribution is 2.32. The molecule has 2 aromatic heterocycles. The van der Waals surface area contributed by atoms with Crippen LogP contribution < -0.4 is 10.2 Å². The number of para-hydroxylation sites is 3. The van der Waals surface area contributed by atoms with Crippen LogP contribution in [0, 0.1) is 6.92 Å². The summed E-state index contributed by atoms with van der Waals surface area (Å²) in [6, 6.07) is 15.0. The fourth-order valence-corrected chi connectivity index (χ4v) is 4.49. The molecule has 0 fully saturated rings. The number of rotatable bonds is 3. The second-order valence-corrected chi connectivity index (χ2v) is 8.36. The van der Waals surface area contributed by atoms with Gasteiger partial charge in [0.05, 0.1) is 22.1 Å². The lowest BCUT2D eigenvalue weighted by atomic mass is 10.2. The fourth-order valence-electron chi connectivity index (χ4n) is 3.57. The van der Waals surface area contributed by atoms with Gasteiger partial charge in [0.15, 0.2) is 10.8 Å². The summed E-state index contributed by atoms with van der Waals surface area (Å²) < 4.78 is 1.68. The lowest BCUT2D eigenvalue weighted by Gasteiger charge is -2.30. The average molecular weight is 418 g/mol. The molecule has 3 heterocycles. The predicted octanol–water partition coefficient (Wildman–Crippen LogP) is 3.05. The molecule has 150 valence electrons. The van der Waals surface area contributed by atoms with Crippen LogP contribution in [0.5, 0.6) is 0 Å². The van der Waals surface area contributed by atoms with Crippen molar-refractivity contribution in [2.75, 3.05) is 16.8 Å². The standard InChI is InChI=1S/C21H18N6O2S/c1-12(20(29)26-11-18(28)23-16-9-5-6-10-17(16)26)30-21-24-15-8-4-3-7-14(15)19-22-13(2)25-27(19)21/h3-10,12H,11H2,1-2H3,(H,23,28)/t12-/m0/s1. The first-order valence-corrected chi connectivity index (χ1v) is 10.4. The Morgan fingerprint density at radius 1 is 1.13 bits per heavy atom. The monoisotopic (exact) mass is 418 g/mol. The zero-order valence-corrected chi connectivity index (χ0v) is 17.2. The van der Waals surface area contributed by atoms with E-state index in [0.29, 0.717) is 28.0 Å². The topological polar surface area (TPSA) is 92.5 Å². The highest BCUT2D eigenvalue weighted by atomic mass is 32.2. The van der Waals surface area contributed by atoms with Gasteiger partial charge in [0.1, 0.15) is 12.4 Å². The molecule has 1 N–H and O–H groups in total. The number of hydrogen-bond acceptors (Lipinski definition) is 6. The Bertz CT molecular complexity index is 1320. The van der Waals surface area contributed by atoms with Crippen LogP contribution in [-0.4, -0.2) is 43.2 Å². The van der Waals surface area contributed by atoms with Gasteiger partial charge in [-0.2, -0.15) is 4.52 Å². The molecule has 0 radical (unpaired) electrons. The average Bonchev–Trinajstić information content (AvgIpc) is 3.14. The van der Waals surface area contributed by atoms with Gasteiger partial charge in [-0.05, 0) is 38.1 Å². The first-order chi connectivity index (χ1) is 14.5. The first kappa shape index (κ1) is 18.6. The van der Waals surface area contributed by atoms with Crippen LogP contribution in [0.15, 0.2) is 53.7 Å². The number of thioether (sulfide) groups is 1. The van der Waals surface area contributed by atoms with E-state index in [1.165, 1.54) is 16.7 Å². The molecule has 0 saturated heterocycles. The van der Waals surface area contributed by atoms with E-state index in [9.17, 15) is 9.59 Å². The zero-order chi connectivity index (χ0) is 20.8. The van der Waals surface area contributed by atoms with Crippen molar-refractivity contribution in [1.82, 2.24) is 19.6 Å². The summed E-state index contributed by atoms with van der Waals surface area (Å²) in [5, 5.41) is 8.28. The van der Waals surface area contributed by atoms with Crippen LogP contribution in [0.4, 0.5) is 11.4 Å². The van der Waals surface area contributed by atoms with Crippen molar-refractivity contribution in [2.45, 2.75) is 24.3 Å². The van der Waals surface area contributed by atoms with E-state index in [0.717, 1.165) is 10.9 Å². The molecule has 1 aliphatic heterocycles. The Hall–Kier alpha value is -3.46. The number of hydrogen-bond donors (Lipinski definition) is 1. The van der Waals surface area contributed by atoms with Crippen LogP contribution in [0.2, 0.25) is 0 Å². The number of carbonyl (C=O) groups is 2. The van der Waals surface area contributed by atoms with E-state index in [1.807, 2.05) is 56.3 Å². The summed E-state index contributed by atoms with van der Waals surface area (Å²) in [5.41, 5.74) is 2.84. The van der Waals surface area contributed by atoms with Gasteiger partial charge in [0.25, 0.3) is 0 Å². The smallest absolute Gasteiger partial charge is 0.244 e. The number of anilines is 2. The van der Waals surface area contributed by atoms with Crippen LogP contribution >= 0.6 is 11.8 Å². The quantitative estimate of drug-likeness (QED) is 0.406. The molecule has 5 rings (SSSR count). The van der Waals surface area contributed by atoms with Crippen molar-refractivity contribution in [1.29, 1.82) is 0 Å². The van der Waals surface area contributed by atoms with E-state index < -0.39 is 5.25 Å². The molecule has 1 atom stereocenters. The maximum absolute atomic E-state index is 13.3. The van der Waals surface area contributed by atoms with E-state index in [4.69, 9.17) is 4.98 Å². The van der Waals surface area contributed by atoms with Gasteiger partial charge in [0, 0.05) is 5.39 Å². The summed E-state index contributed by atoms with van der Waals surface area (Å²) in [5.74, 6) is 0.259. The molecule has 8 nitrogen and oxygen atoms in total. The van der Waals surface area contributed by atoms with Crippen LogP contribution in [0.25, 0.3) is 16.6 Å². The number of carbonyl (C=O) groups excluding carboxylic acids is 2. The molecule has 4 aromatic rings. The molecule has 1 aliphatic rings. The second kappa shape index (κ2) is 7.10. The summed E-state index contributed by atoms with van der Waals surface area (Å²) in [6.45, 7) is 3.63. The Morgan fingerprint density at radius 3 is 2.77 bits per heavy atom. The number of nitrogens with zero attached hydrogens (tertiary/aromatic N) is 5. The van der Waals surface area contributed by atoms with Crippen molar-refractivity contribution in [3.8, 4) is 0 Å². The number of nitrogens with one attached hydrogen (secondary N) is 1. The Balaban J connectivity index is 1.51. The predicted molar refractivity (Wildman–Crippen MR) is 116 cm³/mol. The second-order valence-electron chi connectivity index (χ2n) is 7.06. The van der Waals surface area contributed by atoms with Crippen molar-refractivity contribution < 1.29 is 9.59 Å². The maximum atomic E-state index is 13.3. The third kappa shape index (κ3) is 3.07. The zero-order valence-electron chi connectivity index (χ0n) is 16.4. The summed E-state index contributed by atoms with van der Waals surface area (Å²) >= 11 is 1.31. The van der Waals surface area contributed by atoms with Crippen molar-refractivity contribution in [3.63, 3.8) is 0 Å². The Morgan fingerprint density at radius 2 is 1.90 bits per heavy atom. The lowest BCUT2D eigenvalue weighted by Crippen LogP contribution is -2.45. The Labute approximate surface area is 176 Å². The molecule has 0 unspecified atom stereocenters. The molecule has 30 heavy (non-hydrogen) atoms. The summed E-state index contributed by atoms with van der Waals surface area (Å²) in [4.78, 5) is 36.1.